The van der Waals surface area contributed by atoms with E-state index in [0.717, 1.165) is 17.0 Å². The topological polar surface area (TPSA) is 107 Å². The average molecular weight is 383 g/mol. The van der Waals surface area contributed by atoms with Crippen LogP contribution in [0, 0.1) is 13.8 Å². The summed E-state index contributed by atoms with van der Waals surface area (Å²) in [4.78, 5) is 23.9. The molecule has 0 aliphatic carbocycles. The van der Waals surface area contributed by atoms with E-state index < -0.39 is 0 Å². The zero-order valence-corrected chi connectivity index (χ0v) is 15.7. The highest BCUT2D eigenvalue weighted by Crippen LogP contribution is 2.17. The number of nitrogens with zero attached hydrogens (tertiary/aromatic N) is 1. The van der Waals surface area contributed by atoms with Gasteiger partial charge in [0.25, 0.3) is 11.8 Å². The fourth-order valence-electron chi connectivity index (χ4n) is 2.51. The van der Waals surface area contributed by atoms with Gasteiger partial charge in [0.05, 0.1) is 17.5 Å². The molecule has 0 saturated heterocycles. The molecule has 2 N–H and O–H groups in total. The lowest BCUT2D eigenvalue weighted by Crippen LogP contribution is -2.34. The average Bonchev–Trinajstić information content (AvgIpc) is 3.34. The van der Waals surface area contributed by atoms with Crippen LogP contribution < -0.4 is 15.4 Å². The lowest BCUT2D eigenvalue weighted by Gasteiger charge is -2.08. The Bertz CT molecular complexity index is 910. The van der Waals surface area contributed by atoms with Gasteiger partial charge in [-0.3, -0.25) is 9.59 Å². The Hall–Kier alpha value is -3.55. The van der Waals surface area contributed by atoms with Crippen LogP contribution in [-0.4, -0.2) is 30.1 Å². The first-order valence-electron chi connectivity index (χ1n) is 8.79. The summed E-state index contributed by atoms with van der Waals surface area (Å²) >= 11 is 0. The molecule has 0 saturated carbocycles. The maximum Gasteiger partial charge on any atom is 0.287 e. The second-order valence-corrected chi connectivity index (χ2v) is 6.10. The van der Waals surface area contributed by atoms with E-state index in [4.69, 9.17) is 13.7 Å². The SMILES string of the molecule is Cc1noc(C)c1COc1ccc(C(=O)NCCNC(=O)c2ccco2)cc1. The Kier molecular flexibility index (Phi) is 6.11. The number of carbonyl (C=O) groups excluding carboxylic acids is 2. The van der Waals surface area contributed by atoms with Crippen molar-refractivity contribution < 1.29 is 23.3 Å². The molecule has 3 rings (SSSR count). The van der Waals surface area contributed by atoms with Gasteiger partial charge in [-0.2, -0.15) is 0 Å². The van der Waals surface area contributed by atoms with E-state index in [-0.39, 0.29) is 17.6 Å². The van der Waals surface area contributed by atoms with E-state index in [1.54, 1.807) is 36.4 Å². The molecule has 0 fully saturated rings. The zero-order chi connectivity index (χ0) is 19.9. The normalized spacial score (nSPS) is 10.5. The van der Waals surface area contributed by atoms with Gasteiger partial charge in [0, 0.05) is 18.7 Å². The van der Waals surface area contributed by atoms with E-state index in [0.29, 0.717) is 31.0 Å². The smallest absolute Gasteiger partial charge is 0.287 e. The summed E-state index contributed by atoms with van der Waals surface area (Å²) in [5.74, 6) is 1.05. The quantitative estimate of drug-likeness (QED) is 0.579. The molecule has 146 valence electrons. The van der Waals surface area contributed by atoms with Gasteiger partial charge >= 0.3 is 0 Å². The molecule has 2 amide bonds. The second-order valence-electron chi connectivity index (χ2n) is 6.10. The van der Waals surface area contributed by atoms with Gasteiger partial charge in [0.1, 0.15) is 18.1 Å². The number of hydrogen-bond donors (Lipinski definition) is 2. The van der Waals surface area contributed by atoms with Crippen LogP contribution in [-0.2, 0) is 6.61 Å². The van der Waals surface area contributed by atoms with Crippen LogP contribution >= 0.6 is 0 Å². The van der Waals surface area contributed by atoms with Crippen molar-refractivity contribution in [3.05, 3.63) is 71.0 Å². The summed E-state index contributed by atoms with van der Waals surface area (Å²) in [6.07, 6.45) is 1.43. The highest BCUT2D eigenvalue weighted by Gasteiger charge is 2.11. The standard InChI is InChI=1S/C20H21N3O5/c1-13-17(14(2)28-23-13)12-27-16-7-5-15(6-8-16)19(24)21-9-10-22-20(25)18-4-3-11-26-18/h3-8,11H,9-10,12H2,1-2H3,(H,21,24)(H,22,25). The van der Waals surface area contributed by atoms with Crippen LogP contribution in [0.4, 0.5) is 0 Å². The number of benzene rings is 1. The molecule has 28 heavy (non-hydrogen) atoms. The van der Waals surface area contributed by atoms with Crippen molar-refractivity contribution in [3.63, 3.8) is 0 Å². The number of nitrogens with one attached hydrogen (secondary N) is 2. The zero-order valence-electron chi connectivity index (χ0n) is 15.7. The Morgan fingerprint density at radius 3 is 2.36 bits per heavy atom. The van der Waals surface area contributed by atoms with Gasteiger partial charge in [-0.1, -0.05) is 5.16 Å². The fourth-order valence-corrected chi connectivity index (χ4v) is 2.51. The largest absolute Gasteiger partial charge is 0.489 e. The molecular weight excluding hydrogens is 362 g/mol. The summed E-state index contributed by atoms with van der Waals surface area (Å²) in [5, 5.41) is 9.29. The maximum atomic E-state index is 12.2. The van der Waals surface area contributed by atoms with Crippen LogP contribution in [0.5, 0.6) is 5.75 Å². The Balaban J connectivity index is 1.42. The highest BCUT2D eigenvalue weighted by atomic mass is 16.5. The molecule has 0 radical (unpaired) electrons. The maximum absolute atomic E-state index is 12.2. The third kappa shape index (κ3) is 4.79. The lowest BCUT2D eigenvalue weighted by atomic mass is 10.2. The van der Waals surface area contributed by atoms with E-state index in [1.165, 1.54) is 6.26 Å². The summed E-state index contributed by atoms with van der Waals surface area (Å²) in [6, 6.07) is 10.0. The first kappa shape index (κ1) is 19.2. The van der Waals surface area contributed by atoms with Crippen molar-refractivity contribution in [1.29, 1.82) is 0 Å². The van der Waals surface area contributed by atoms with Gasteiger partial charge in [-0.05, 0) is 50.2 Å². The number of ether oxygens (including phenoxy) is 1. The van der Waals surface area contributed by atoms with Crippen molar-refractivity contribution in [1.82, 2.24) is 15.8 Å². The first-order valence-corrected chi connectivity index (χ1v) is 8.79. The Labute approximate surface area is 161 Å². The minimum absolute atomic E-state index is 0.232. The van der Waals surface area contributed by atoms with Crippen LogP contribution in [0.15, 0.2) is 51.6 Å². The number of amides is 2. The molecule has 0 unspecified atom stereocenters. The Morgan fingerprint density at radius 1 is 1.04 bits per heavy atom. The third-order valence-corrected chi connectivity index (χ3v) is 4.12. The number of aromatic nitrogens is 1. The van der Waals surface area contributed by atoms with Gasteiger partial charge in [-0.15, -0.1) is 0 Å². The van der Waals surface area contributed by atoms with Crippen LogP contribution in [0.1, 0.15) is 37.9 Å². The Morgan fingerprint density at radius 2 is 1.75 bits per heavy atom. The molecule has 8 heteroatoms. The van der Waals surface area contributed by atoms with Crippen molar-refractivity contribution in [2.45, 2.75) is 20.5 Å². The van der Waals surface area contributed by atoms with Crippen molar-refractivity contribution >= 4 is 11.8 Å². The summed E-state index contributed by atoms with van der Waals surface area (Å²) in [7, 11) is 0. The number of aryl methyl sites for hydroxylation is 2. The number of hydrogen-bond acceptors (Lipinski definition) is 6. The molecule has 8 nitrogen and oxygen atoms in total. The van der Waals surface area contributed by atoms with Gasteiger partial charge in [-0.25, -0.2) is 0 Å². The van der Waals surface area contributed by atoms with Crippen LogP contribution in [0.2, 0.25) is 0 Å². The molecule has 0 spiro atoms. The summed E-state index contributed by atoms with van der Waals surface area (Å²) in [6.45, 7) is 4.64. The minimum Gasteiger partial charge on any atom is -0.489 e. The van der Waals surface area contributed by atoms with Crippen LogP contribution in [0.25, 0.3) is 0 Å². The number of rotatable bonds is 8. The minimum atomic E-state index is -0.320. The van der Waals surface area contributed by atoms with E-state index in [9.17, 15) is 9.59 Å². The van der Waals surface area contributed by atoms with Gasteiger partial charge < -0.3 is 24.3 Å². The van der Waals surface area contributed by atoms with Crippen molar-refractivity contribution in [2.24, 2.45) is 0 Å². The molecule has 0 aliphatic rings. The summed E-state index contributed by atoms with van der Waals surface area (Å²) in [5.41, 5.74) is 2.22. The molecule has 3 aromatic rings. The predicted molar refractivity (Wildman–Crippen MR) is 100 cm³/mol. The second kappa shape index (κ2) is 8.90. The van der Waals surface area contributed by atoms with Gasteiger partial charge in [0.15, 0.2) is 5.76 Å². The molecule has 2 aromatic heterocycles. The summed E-state index contributed by atoms with van der Waals surface area (Å²) < 4.78 is 15.8. The highest BCUT2D eigenvalue weighted by molar-refractivity contribution is 5.94. The molecule has 0 aliphatic heterocycles. The van der Waals surface area contributed by atoms with E-state index in [2.05, 4.69) is 15.8 Å². The van der Waals surface area contributed by atoms with E-state index in [1.807, 2.05) is 13.8 Å². The van der Waals surface area contributed by atoms with Crippen LogP contribution in [0.3, 0.4) is 0 Å². The molecule has 0 bridgehead atoms. The number of carbonyl (C=O) groups is 2. The third-order valence-electron chi connectivity index (χ3n) is 4.12. The molecule has 0 atom stereocenters. The van der Waals surface area contributed by atoms with E-state index >= 15 is 0 Å². The monoisotopic (exact) mass is 383 g/mol. The van der Waals surface area contributed by atoms with Crippen molar-refractivity contribution in [2.75, 3.05) is 13.1 Å². The fraction of sp³-hybridized carbons (Fsp3) is 0.250. The lowest BCUT2D eigenvalue weighted by molar-refractivity contribution is 0.0910. The van der Waals surface area contributed by atoms with Crippen molar-refractivity contribution in [3.8, 4) is 5.75 Å². The predicted octanol–water partition coefficient (Wildman–Crippen LogP) is 2.62. The first-order chi connectivity index (χ1) is 13.5. The molecular formula is C20H21N3O5. The molecule has 2 heterocycles. The number of furan rings is 1. The molecule has 1 aromatic carbocycles. The van der Waals surface area contributed by atoms with Gasteiger partial charge in [0.2, 0.25) is 0 Å².